The van der Waals surface area contributed by atoms with E-state index in [-0.39, 0.29) is 5.41 Å². The Morgan fingerprint density at radius 2 is 1.73 bits per heavy atom. The van der Waals surface area contributed by atoms with E-state index in [2.05, 4.69) is 24.4 Å². The minimum atomic E-state index is -0.504. The number of benzene rings is 1. The van der Waals surface area contributed by atoms with E-state index >= 15 is 0 Å². The van der Waals surface area contributed by atoms with Gasteiger partial charge in [-0.05, 0) is 89.2 Å². The molecule has 0 amide bonds. The van der Waals surface area contributed by atoms with Gasteiger partial charge in [0.1, 0.15) is 5.75 Å². The van der Waals surface area contributed by atoms with Gasteiger partial charge in [0.2, 0.25) is 0 Å². The number of carbonyl (C=O) groups is 1. The molecule has 4 fully saturated rings. The summed E-state index contributed by atoms with van der Waals surface area (Å²) >= 11 is 0. The summed E-state index contributed by atoms with van der Waals surface area (Å²) in [7, 11) is 0. The first-order valence-electron chi connectivity index (χ1n) is 10.2. The topological polar surface area (TPSA) is 38.3 Å². The van der Waals surface area contributed by atoms with Crippen molar-refractivity contribution in [3.8, 4) is 5.75 Å². The number of ether oxygens (including phenoxy) is 1. The van der Waals surface area contributed by atoms with Crippen molar-refractivity contribution >= 4 is 11.5 Å². The van der Waals surface area contributed by atoms with Crippen molar-refractivity contribution in [2.24, 2.45) is 23.2 Å². The molecule has 4 bridgehead atoms. The van der Waals surface area contributed by atoms with Gasteiger partial charge in [0.25, 0.3) is 0 Å². The third-order valence-electron chi connectivity index (χ3n) is 7.06. The number of hydrogen-bond donors (Lipinski definition) is 1. The lowest BCUT2D eigenvalue weighted by atomic mass is 9.48. The lowest BCUT2D eigenvalue weighted by molar-refractivity contribution is -0.138. The molecule has 1 heterocycles. The van der Waals surface area contributed by atoms with Crippen molar-refractivity contribution in [2.45, 2.75) is 65.0 Å². The van der Waals surface area contributed by atoms with Crippen LogP contribution < -0.4 is 10.1 Å². The molecule has 1 aliphatic heterocycles. The first-order chi connectivity index (χ1) is 12.3. The highest BCUT2D eigenvalue weighted by molar-refractivity contribution is 6.01. The van der Waals surface area contributed by atoms with Crippen molar-refractivity contribution in [2.75, 3.05) is 0 Å². The molecule has 5 aliphatic rings. The molecule has 1 N–H and O–H groups in total. The van der Waals surface area contributed by atoms with Crippen molar-refractivity contribution in [1.82, 2.24) is 5.32 Å². The summed E-state index contributed by atoms with van der Waals surface area (Å²) in [6.45, 7) is 6.11. The summed E-state index contributed by atoms with van der Waals surface area (Å²) in [6, 6.07) is 6.21. The Labute approximate surface area is 156 Å². The van der Waals surface area contributed by atoms with Crippen LogP contribution in [0.5, 0.6) is 5.75 Å². The summed E-state index contributed by atoms with van der Waals surface area (Å²) in [6.07, 6.45) is 9.35. The normalized spacial score (nSPS) is 37.8. The lowest BCUT2D eigenvalue weighted by Gasteiger charge is -2.55. The predicted molar refractivity (Wildman–Crippen MR) is 103 cm³/mol. The molecule has 0 aromatic heterocycles. The average molecular weight is 351 g/mol. The number of nitrogens with one attached hydrogen (secondary N) is 1. The minimum absolute atomic E-state index is 0.0874. The van der Waals surface area contributed by atoms with Gasteiger partial charge in [-0.15, -0.1) is 0 Å². The molecule has 1 aromatic rings. The monoisotopic (exact) mass is 351 g/mol. The van der Waals surface area contributed by atoms with Crippen molar-refractivity contribution in [1.29, 1.82) is 0 Å². The highest BCUT2D eigenvalue weighted by atomic mass is 16.5. The summed E-state index contributed by atoms with van der Waals surface area (Å²) in [5, 5.41) is 3.46. The maximum atomic E-state index is 13.5. The number of fused-ring (bicyclic) bond motifs is 1. The van der Waals surface area contributed by atoms with Crippen LogP contribution in [0, 0.1) is 30.1 Å². The van der Waals surface area contributed by atoms with E-state index in [0.29, 0.717) is 5.78 Å². The summed E-state index contributed by atoms with van der Waals surface area (Å²) in [5.41, 5.74) is 2.54. The van der Waals surface area contributed by atoms with Gasteiger partial charge in [-0.2, -0.15) is 0 Å². The molecule has 4 saturated carbocycles. The van der Waals surface area contributed by atoms with Crippen LogP contribution in [0.15, 0.2) is 24.3 Å². The Balaban J connectivity index is 1.52. The fraction of sp³-hybridized carbons (Fsp3) is 0.609. The molecule has 0 atom stereocenters. The standard InChI is InChI=1S/C23H29NO2/c1-14-4-5-20-18(6-14)19(24-22(2,3)26-20)10-21(25)23-11-15-7-16(12-23)9-17(8-15)13-23/h4-6,10,15-17,24H,7-9,11-13H2,1-3H3/b19-10-. The molecule has 6 rings (SSSR count). The van der Waals surface area contributed by atoms with Gasteiger partial charge in [-0.3, -0.25) is 4.79 Å². The molecular formula is C23H29NO2. The first-order valence-corrected chi connectivity index (χ1v) is 10.2. The van der Waals surface area contributed by atoms with Gasteiger partial charge in [0.05, 0.1) is 5.70 Å². The van der Waals surface area contributed by atoms with E-state index in [0.717, 1.165) is 54.0 Å². The summed E-state index contributed by atoms with van der Waals surface area (Å²) in [4.78, 5) is 13.5. The van der Waals surface area contributed by atoms with Crippen LogP contribution in [-0.4, -0.2) is 11.5 Å². The minimum Gasteiger partial charge on any atom is -0.468 e. The molecule has 3 heteroatoms. The highest BCUT2D eigenvalue weighted by Gasteiger charge is 2.54. The second-order valence-electron chi connectivity index (χ2n) is 9.86. The zero-order chi connectivity index (χ0) is 18.1. The molecular weight excluding hydrogens is 322 g/mol. The Morgan fingerprint density at radius 1 is 1.12 bits per heavy atom. The van der Waals surface area contributed by atoms with E-state index in [1.54, 1.807) is 0 Å². The molecule has 0 radical (unpaired) electrons. The third kappa shape index (κ3) is 2.59. The number of carbonyl (C=O) groups excluding carboxylic acids is 1. The number of allylic oxidation sites excluding steroid dienone is 1. The SMILES string of the molecule is Cc1ccc2c(c1)/C(=C/C(=O)C13CC4CC(CC(C4)C1)C3)NC(C)(C)O2. The molecule has 26 heavy (non-hydrogen) atoms. The van der Waals surface area contributed by atoms with E-state index in [4.69, 9.17) is 4.74 Å². The smallest absolute Gasteiger partial charge is 0.175 e. The van der Waals surface area contributed by atoms with Gasteiger partial charge < -0.3 is 10.1 Å². The van der Waals surface area contributed by atoms with Crippen LogP contribution in [0.25, 0.3) is 5.70 Å². The van der Waals surface area contributed by atoms with Crippen molar-refractivity contribution in [3.05, 3.63) is 35.4 Å². The number of aryl methyl sites for hydroxylation is 1. The summed E-state index contributed by atoms with van der Waals surface area (Å²) < 4.78 is 6.07. The lowest BCUT2D eigenvalue weighted by Crippen LogP contribution is -2.50. The van der Waals surface area contributed by atoms with E-state index < -0.39 is 5.72 Å². The molecule has 3 nitrogen and oxygen atoms in total. The zero-order valence-electron chi connectivity index (χ0n) is 16.1. The Kier molecular flexibility index (Phi) is 3.39. The fourth-order valence-electron chi connectivity index (χ4n) is 6.45. The number of hydrogen-bond acceptors (Lipinski definition) is 3. The van der Waals surface area contributed by atoms with Crippen LogP contribution in [0.4, 0.5) is 0 Å². The molecule has 4 aliphatic carbocycles. The maximum absolute atomic E-state index is 13.5. The Morgan fingerprint density at radius 3 is 2.35 bits per heavy atom. The second-order valence-corrected chi connectivity index (χ2v) is 9.86. The Bertz CT molecular complexity index is 769. The van der Waals surface area contributed by atoms with Gasteiger partial charge in [0.15, 0.2) is 11.5 Å². The van der Waals surface area contributed by atoms with Gasteiger partial charge >= 0.3 is 0 Å². The maximum Gasteiger partial charge on any atom is 0.175 e. The highest BCUT2D eigenvalue weighted by Crippen LogP contribution is 2.60. The first kappa shape index (κ1) is 16.4. The number of rotatable bonds is 2. The van der Waals surface area contributed by atoms with Crippen LogP contribution in [-0.2, 0) is 4.79 Å². The van der Waals surface area contributed by atoms with Crippen molar-refractivity contribution < 1.29 is 9.53 Å². The molecule has 0 spiro atoms. The predicted octanol–water partition coefficient (Wildman–Crippen LogP) is 4.84. The quantitative estimate of drug-likeness (QED) is 0.775. The largest absolute Gasteiger partial charge is 0.468 e. The molecule has 0 saturated heterocycles. The third-order valence-corrected chi connectivity index (χ3v) is 7.06. The van der Waals surface area contributed by atoms with Crippen LogP contribution in [0.2, 0.25) is 0 Å². The summed E-state index contributed by atoms with van der Waals surface area (Å²) in [5.74, 6) is 3.58. The van der Waals surface area contributed by atoms with Gasteiger partial charge in [-0.1, -0.05) is 11.6 Å². The number of ketones is 1. The van der Waals surface area contributed by atoms with E-state index in [1.165, 1.54) is 24.8 Å². The molecule has 1 aromatic carbocycles. The molecule has 0 unspecified atom stereocenters. The molecule has 138 valence electrons. The van der Waals surface area contributed by atoms with Crippen LogP contribution in [0.3, 0.4) is 0 Å². The van der Waals surface area contributed by atoms with Crippen LogP contribution in [0.1, 0.15) is 63.5 Å². The average Bonchev–Trinajstić information content (AvgIpc) is 2.53. The fourth-order valence-corrected chi connectivity index (χ4v) is 6.45. The zero-order valence-corrected chi connectivity index (χ0v) is 16.1. The Hall–Kier alpha value is -1.77. The van der Waals surface area contributed by atoms with Gasteiger partial charge in [0, 0.05) is 17.1 Å². The van der Waals surface area contributed by atoms with E-state index in [9.17, 15) is 4.79 Å². The van der Waals surface area contributed by atoms with Crippen molar-refractivity contribution in [3.63, 3.8) is 0 Å². The second kappa shape index (κ2) is 5.37. The van der Waals surface area contributed by atoms with E-state index in [1.807, 2.05) is 26.0 Å². The van der Waals surface area contributed by atoms with Crippen LogP contribution >= 0.6 is 0 Å². The van der Waals surface area contributed by atoms with Gasteiger partial charge in [-0.25, -0.2) is 0 Å².